The van der Waals surface area contributed by atoms with Gasteiger partial charge in [-0.05, 0) is 42.8 Å². The second-order valence-electron chi connectivity index (χ2n) is 5.24. The number of aliphatic hydroxyl groups is 1. The second-order valence-corrected chi connectivity index (χ2v) is 5.67. The lowest BCUT2D eigenvalue weighted by molar-refractivity contribution is -0.123. The summed E-state index contributed by atoms with van der Waals surface area (Å²) in [6, 6.07) is 11.1. The van der Waals surface area contributed by atoms with Crippen molar-refractivity contribution in [3.05, 3.63) is 58.6 Å². The molecule has 1 amide bonds. The average molecular weight is 364 g/mol. The van der Waals surface area contributed by atoms with Crippen LogP contribution in [0.25, 0.3) is 0 Å². The van der Waals surface area contributed by atoms with Crippen molar-refractivity contribution in [1.82, 2.24) is 0 Å². The third-order valence-corrected chi connectivity index (χ3v) is 3.68. The van der Waals surface area contributed by atoms with E-state index >= 15 is 0 Å². The number of carbonyl (C=O) groups excluding carboxylic acids is 2. The molecule has 0 spiro atoms. The molecule has 2 aromatic carbocycles. The molecule has 25 heavy (non-hydrogen) atoms. The lowest BCUT2D eigenvalue weighted by Crippen LogP contribution is -2.30. The molecule has 2 N–H and O–H groups in total. The summed E-state index contributed by atoms with van der Waals surface area (Å²) in [5.41, 5.74) is 1.35. The molecule has 7 heteroatoms. The van der Waals surface area contributed by atoms with Crippen LogP contribution in [0.2, 0.25) is 5.02 Å². The quantitative estimate of drug-likeness (QED) is 0.770. The topological polar surface area (TPSA) is 84.9 Å². The maximum atomic E-state index is 12.2. The van der Waals surface area contributed by atoms with Gasteiger partial charge in [0.05, 0.1) is 25.0 Å². The molecule has 0 aliphatic rings. The molecule has 0 aliphatic heterocycles. The fourth-order valence-electron chi connectivity index (χ4n) is 2.04. The van der Waals surface area contributed by atoms with Gasteiger partial charge in [0, 0.05) is 5.02 Å². The van der Waals surface area contributed by atoms with Crippen LogP contribution >= 0.6 is 11.6 Å². The van der Waals surface area contributed by atoms with Crippen molar-refractivity contribution in [2.45, 2.75) is 19.6 Å². The summed E-state index contributed by atoms with van der Waals surface area (Å²) in [7, 11) is 1.47. The van der Waals surface area contributed by atoms with Crippen molar-refractivity contribution in [3.8, 4) is 5.75 Å². The number of halogens is 1. The number of carbonyl (C=O) groups is 2. The zero-order chi connectivity index (χ0) is 18.4. The lowest BCUT2D eigenvalue weighted by atomic mass is 10.1. The molecule has 0 saturated heterocycles. The molecule has 1 atom stereocenters. The Labute approximate surface area is 150 Å². The van der Waals surface area contributed by atoms with E-state index in [-0.39, 0.29) is 12.2 Å². The molecule has 0 aliphatic carbocycles. The Bertz CT molecular complexity index is 761. The van der Waals surface area contributed by atoms with Crippen LogP contribution in [0.4, 0.5) is 5.69 Å². The maximum Gasteiger partial charge on any atom is 0.338 e. The van der Waals surface area contributed by atoms with Crippen LogP contribution in [-0.2, 0) is 16.1 Å². The molecule has 0 fully saturated rings. The predicted molar refractivity (Wildman–Crippen MR) is 93.9 cm³/mol. The molecule has 2 rings (SSSR count). The van der Waals surface area contributed by atoms with E-state index in [9.17, 15) is 9.59 Å². The van der Waals surface area contributed by atoms with Crippen molar-refractivity contribution < 1.29 is 24.2 Å². The zero-order valence-electron chi connectivity index (χ0n) is 13.8. The molecular weight excluding hydrogens is 346 g/mol. The smallest absolute Gasteiger partial charge is 0.338 e. The average Bonchev–Trinajstić information content (AvgIpc) is 2.61. The number of hydrogen-bond acceptors (Lipinski definition) is 5. The van der Waals surface area contributed by atoms with Crippen LogP contribution in [0.15, 0.2) is 42.5 Å². The number of rotatable bonds is 6. The molecule has 0 radical (unpaired) electrons. The molecule has 0 saturated carbocycles. The van der Waals surface area contributed by atoms with Gasteiger partial charge in [-0.2, -0.15) is 0 Å². The number of aliphatic hydroxyl groups excluding tert-OH is 1. The summed E-state index contributed by atoms with van der Waals surface area (Å²) < 4.78 is 10.3. The van der Waals surface area contributed by atoms with Crippen molar-refractivity contribution in [1.29, 1.82) is 0 Å². The van der Waals surface area contributed by atoms with Crippen molar-refractivity contribution >= 4 is 29.2 Å². The number of nitrogens with one attached hydrogen (secondary N) is 1. The van der Waals surface area contributed by atoms with E-state index < -0.39 is 18.0 Å². The highest BCUT2D eigenvalue weighted by molar-refractivity contribution is 6.31. The van der Waals surface area contributed by atoms with Crippen LogP contribution in [0, 0.1) is 0 Å². The summed E-state index contributed by atoms with van der Waals surface area (Å²) in [4.78, 5) is 24.3. The highest BCUT2D eigenvalue weighted by Gasteiger charge is 2.20. The van der Waals surface area contributed by atoms with Crippen molar-refractivity contribution in [2.75, 3.05) is 12.4 Å². The Morgan fingerprint density at radius 2 is 1.88 bits per heavy atom. The molecule has 6 nitrogen and oxygen atoms in total. The maximum absolute atomic E-state index is 12.2. The van der Waals surface area contributed by atoms with E-state index in [4.69, 9.17) is 26.2 Å². The normalized spacial score (nSPS) is 11.5. The number of anilines is 1. The molecule has 0 bridgehead atoms. The number of benzene rings is 2. The van der Waals surface area contributed by atoms with E-state index in [2.05, 4.69) is 5.32 Å². The predicted octanol–water partition coefficient (Wildman–Crippen LogP) is 3.02. The molecule has 132 valence electrons. The number of methoxy groups -OCH3 is 1. The summed E-state index contributed by atoms with van der Waals surface area (Å²) >= 11 is 5.92. The van der Waals surface area contributed by atoms with E-state index in [0.29, 0.717) is 22.0 Å². The Morgan fingerprint density at radius 1 is 1.20 bits per heavy atom. The van der Waals surface area contributed by atoms with E-state index in [0.717, 1.165) is 0 Å². The van der Waals surface area contributed by atoms with Crippen LogP contribution in [0.5, 0.6) is 5.75 Å². The summed E-state index contributed by atoms with van der Waals surface area (Å²) in [5.74, 6) is -0.707. The Kier molecular flexibility index (Phi) is 6.38. The van der Waals surface area contributed by atoms with Gasteiger partial charge in [0.2, 0.25) is 0 Å². The van der Waals surface area contributed by atoms with Gasteiger partial charge in [0.1, 0.15) is 5.75 Å². The largest absolute Gasteiger partial charge is 0.495 e. The van der Waals surface area contributed by atoms with Gasteiger partial charge in [0.15, 0.2) is 6.10 Å². The van der Waals surface area contributed by atoms with Gasteiger partial charge in [-0.25, -0.2) is 4.79 Å². The molecule has 2 aromatic rings. The first kappa shape index (κ1) is 18.8. The monoisotopic (exact) mass is 363 g/mol. The summed E-state index contributed by atoms with van der Waals surface area (Å²) in [5, 5.41) is 12.1. The number of ether oxygens (including phenoxy) is 2. The standard InChI is InChI=1S/C18H18ClNO5/c1-11(25-18(23)13-5-3-12(10-21)4-6-13)17(22)20-15-9-14(19)7-8-16(15)24-2/h3-9,11,21H,10H2,1-2H3,(H,20,22)/t11-/m1/s1. The fraction of sp³-hybridized carbons (Fsp3) is 0.222. The van der Waals surface area contributed by atoms with Crippen molar-refractivity contribution in [2.24, 2.45) is 0 Å². The van der Waals surface area contributed by atoms with Crippen LogP contribution in [0.3, 0.4) is 0 Å². The van der Waals surface area contributed by atoms with Crippen molar-refractivity contribution in [3.63, 3.8) is 0 Å². The minimum atomic E-state index is -1.02. The fourth-order valence-corrected chi connectivity index (χ4v) is 2.21. The Balaban J connectivity index is 2.02. The minimum absolute atomic E-state index is 0.115. The van der Waals surface area contributed by atoms with E-state index in [1.807, 2.05) is 0 Å². The SMILES string of the molecule is COc1ccc(Cl)cc1NC(=O)[C@@H](C)OC(=O)c1ccc(CO)cc1. The summed E-state index contributed by atoms with van der Waals surface area (Å²) in [6.07, 6.45) is -1.02. The van der Waals surface area contributed by atoms with Gasteiger partial charge in [0.25, 0.3) is 5.91 Å². The lowest BCUT2D eigenvalue weighted by Gasteiger charge is -2.15. The van der Waals surface area contributed by atoms with Gasteiger partial charge in [-0.15, -0.1) is 0 Å². The first-order valence-corrected chi connectivity index (χ1v) is 7.87. The Morgan fingerprint density at radius 3 is 2.48 bits per heavy atom. The first-order valence-electron chi connectivity index (χ1n) is 7.49. The number of esters is 1. The number of hydrogen-bond donors (Lipinski definition) is 2. The third-order valence-electron chi connectivity index (χ3n) is 3.44. The highest BCUT2D eigenvalue weighted by Crippen LogP contribution is 2.27. The molecule has 0 unspecified atom stereocenters. The van der Waals surface area contributed by atoms with Gasteiger partial charge in [-0.3, -0.25) is 4.79 Å². The first-order chi connectivity index (χ1) is 11.9. The van der Waals surface area contributed by atoms with Crippen LogP contribution < -0.4 is 10.1 Å². The molecular formula is C18H18ClNO5. The van der Waals surface area contributed by atoms with E-state index in [1.165, 1.54) is 26.2 Å². The van der Waals surface area contributed by atoms with E-state index in [1.54, 1.807) is 30.3 Å². The summed E-state index contributed by atoms with van der Waals surface area (Å²) in [6.45, 7) is 1.35. The van der Waals surface area contributed by atoms with Crippen LogP contribution in [-0.4, -0.2) is 30.2 Å². The van der Waals surface area contributed by atoms with Crippen LogP contribution in [0.1, 0.15) is 22.8 Å². The number of amides is 1. The zero-order valence-corrected chi connectivity index (χ0v) is 14.5. The van der Waals surface area contributed by atoms with Gasteiger partial charge in [-0.1, -0.05) is 23.7 Å². The highest BCUT2D eigenvalue weighted by atomic mass is 35.5. The minimum Gasteiger partial charge on any atom is -0.495 e. The second kappa shape index (κ2) is 8.50. The Hall–Kier alpha value is -2.57. The third kappa shape index (κ3) is 4.95. The molecule has 0 heterocycles. The van der Waals surface area contributed by atoms with Gasteiger partial charge < -0.3 is 19.9 Å². The molecule has 0 aromatic heterocycles. The van der Waals surface area contributed by atoms with Gasteiger partial charge >= 0.3 is 5.97 Å².